The van der Waals surface area contributed by atoms with E-state index in [9.17, 15) is 4.79 Å². The molecule has 2 aromatic carbocycles. The normalized spacial score (nSPS) is 11.6. The third-order valence-corrected chi connectivity index (χ3v) is 4.57. The maximum atomic E-state index is 12.6. The van der Waals surface area contributed by atoms with Crippen molar-refractivity contribution in [3.05, 3.63) is 84.2 Å². The van der Waals surface area contributed by atoms with E-state index in [2.05, 4.69) is 22.0 Å². The molecule has 0 aliphatic rings. The third kappa shape index (κ3) is 4.94. The molecule has 0 fully saturated rings. The van der Waals surface area contributed by atoms with Crippen LogP contribution in [0.5, 0.6) is 11.5 Å². The van der Waals surface area contributed by atoms with Crippen LogP contribution in [0.4, 0.5) is 0 Å². The van der Waals surface area contributed by atoms with Crippen molar-refractivity contribution in [2.75, 3.05) is 13.7 Å². The summed E-state index contributed by atoms with van der Waals surface area (Å²) < 4.78 is 13.0. The molecule has 0 saturated heterocycles. The lowest BCUT2D eigenvalue weighted by atomic mass is 10.0. The van der Waals surface area contributed by atoms with Crippen LogP contribution in [-0.4, -0.2) is 24.2 Å². The van der Waals surface area contributed by atoms with Crippen LogP contribution in [0.1, 0.15) is 30.5 Å². The Balaban J connectivity index is 1.65. The average molecular weight is 378 g/mol. The zero-order valence-electron chi connectivity index (χ0n) is 16.3. The molecule has 0 radical (unpaired) electrons. The van der Waals surface area contributed by atoms with Gasteiger partial charge in [0.2, 0.25) is 5.91 Å². The van der Waals surface area contributed by atoms with Gasteiger partial charge >= 0.3 is 0 Å². The Morgan fingerprint density at radius 1 is 1.04 bits per heavy atom. The fourth-order valence-electron chi connectivity index (χ4n) is 3.17. The first-order valence-corrected chi connectivity index (χ1v) is 9.45. The number of nitrogens with one attached hydrogen (secondary N) is 1. The first-order valence-electron chi connectivity index (χ1n) is 9.45. The van der Waals surface area contributed by atoms with E-state index in [0.717, 1.165) is 11.1 Å². The topological polar surface area (TPSA) is 52.5 Å². The Hall–Kier alpha value is -3.21. The Labute approximate surface area is 165 Å². The summed E-state index contributed by atoms with van der Waals surface area (Å²) >= 11 is 0. The summed E-state index contributed by atoms with van der Waals surface area (Å²) in [6.45, 7) is 2.95. The highest BCUT2D eigenvalue weighted by atomic mass is 16.5. The zero-order valence-corrected chi connectivity index (χ0v) is 16.3. The lowest BCUT2D eigenvalue weighted by Gasteiger charge is -2.19. The maximum Gasteiger partial charge on any atom is 0.222 e. The summed E-state index contributed by atoms with van der Waals surface area (Å²) in [7, 11) is 1.61. The van der Waals surface area contributed by atoms with Crippen molar-refractivity contribution in [3.8, 4) is 11.5 Å². The van der Waals surface area contributed by atoms with Crippen LogP contribution >= 0.6 is 0 Å². The van der Waals surface area contributed by atoms with Crippen molar-refractivity contribution in [2.45, 2.75) is 25.9 Å². The predicted molar refractivity (Wildman–Crippen MR) is 110 cm³/mol. The number of carbonyl (C=O) groups excluding carboxylic acids is 1. The molecule has 0 bridgehead atoms. The molecular formula is C23H26N2O3. The van der Waals surface area contributed by atoms with E-state index in [1.54, 1.807) is 7.11 Å². The summed E-state index contributed by atoms with van der Waals surface area (Å²) in [4.78, 5) is 12.6. The number of benzene rings is 2. The molecule has 1 N–H and O–H groups in total. The van der Waals surface area contributed by atoms with Crippen LogP contribution in [0, 0.1) is 0 Å². The van der Waals surface area contributed by atoms with E-state index in [0.29, 0.717) is 31.1 Å². The number of aromatic nitrogens is 1. The van der Waals surface area contributed by atoms with E-state index in [-0.39, 0.29) is 11.9 Å². The molecule has 0 unspecified atom stereocenters. The van der Waals surface area contributed by atoms with Gasteiger partial charge in [-0.05, 0) is 42.3 Å². The second-order valence-electron chi connectivity index (χ2n) is 6.46. The van der Waals surface area contributed by atoms with Crippen molar-refractivity contribution in [1.29, 1.82) is 0 Å². The fraction of sp³-hybridized carbons (Fsp3) is 0.261. The Kier molecular flexibility index (Phi) is 6.73. The quantitative estimate of drug-likeness (QED) is 0.607. The number of hydrogen-bond acceptors (Lipinski definition) is 3. The number of nitrogens with zero attached hydrogens (tertiary/aromatic N) is 1. The first-order chi connectivity index (χ1) is 13.7. The molecular weight excluding hydrogens is 352 g/mol. The number of carbonyl (C=O) groups is 1. The van der Waals surface area contributed by atoms with Gasteiger partial charge in [0.1, 0.15) is 0 Å². The second kappa shape index (κ2) is 9.65. The van der Waals surface area contributed by atoms with Gasteiger partial charge in [-0.3, -0.25) is 4.79 Å². The van der Waals surface area contributed by atoms with Gasteiger partial charge in [-0.2, -0.15) is 0 Å². The van der Waals surface area contributed by atoms with E-state index in [1.165, 1.54) is 0 Å². The van der Waals surface area contributed by atoms with Gasteiger partial charge in [0.25, 0.3) is 0 Å². The van der Waals surface area contributed by atoms with Crippen LogP contribution in [0.3, 0.4) is 0 Å². The molecule has 0 aliphatic carbocycles. The van der Waals surface area contributed by atoms with Crippen LogP contribution < -0.4 is 14.8 Å². The van der Waals surface area contributed by atoms with Gasteiger partial charge in [-0.25, -0.2) is 0 Å². The van der Waals surface area contributed by atoms with Gasteiger partial charge in [-0.15, -0.1) is 0 Å². The number of methoxy groups -OCH3 is 1. The van der Waals surface area contributed by atoms with Crippen LogP contribution in [-0.2, 0) is 11.3 Å². The Morgan fingerprint density at radius 3 is 2.46 bits per heavy atom. The zero-order chi connectivity index (χ0) is 19.8. The van der Waals surface area contributed by atoms with Crippen LogP contribution in [0.15, 0.2) is 73.1 Å². The lowest BCUT2D eigenvalue weighted by Crippen LogP contribution is -2.26. The molecule has 1 aromatic heterocycles. The summed E-state index contributed by atoms with van der Waals surface area (Å²) in [5, 5.41) is 3.02. The van der Waals surface area contributed by atoms with Crippen molar-refractivity contribution in [3.63, 3.8) is 0 Å². The molecule has 1 heterocycles. The van der Waals surface area contributed by atoms with E-state index in [4.69, 9.17) is 9.47 Å². The molecule has 146 valence electrons. The molecule has 0 saturated carbocycles. The lowest BCUT2D eigenvalue weighted by molar-refractivity contribution is -0.121. The fourth-order valence-corrected chi connectivity index (χ4v) is 3.17. The predicted octanol–water partition coefficient (Wildman–Crippen LogP) is 4.19. The van der Waals surface area contributed by atoms with Gasteiger partial charge in [0.05, 0.1) is 26.2 Å². The minimum absolute atomic E-state index is 0.00425. The van der Waals surface area contributed by atoms with E-state index in [1.807, 2.05) is 67.8 Å². The highest BCUT2D eigenvalue weighted by Crippen LogP contribution is 2.28. The molecule has 3 aromatic rings. The van der Waals surface area contributed by atoms with Crippen LogP contribution in [0.25, 0.3) is 0 Å². The van der Waals surface area contributed by atoms with Crippen LogP contribution in [0.2, 0.25) is 0 Å². The SMILES string of the molecule is CCOc1ccc(CNC(=O)C[C@@H](c2ccccc2)n2cccc2)cc1OC. The van der Waals surface area contributed by atoms with Gasteiger partial charge in [-0.1, -0.05) is 36.4 Å². The van der Waals surface area contributed by atoms with Crippen molar-refractivity contribution < 1.29 is 14.3 Å². The number of amides is 1. The summed E-state index contributed by atoms with van der Waals surface area (Å²) in [6, 6.07) is 19.7. The van der Waals surface area contributed by atoms with Gasteiger partial charge in [0.15, 0.2) is 11.5 Å². The summed E-state index contributed by atoms with van der Waals surface area (Å²) in [5.41, 5.74) is 2.07. The van der Waals surface area contributed by atoms with Gasteiger partial charge < -0.3 is 19.4 Å². The number of hydrogen-bond donors (Lipinski definition) is 1. The number of ether oxygens (including phenoxy) is 2. The highest BCUT2D eigenvalue weighted by molar-refractivity contribution is 5.77. The van der Waals surface area contributed by atoms with E-state index >= 15 is 0 Å². The first kappa shape index (κ1) is 19.5. The largest absolute Gasteiger partial charge is 0.493 e. The Morgan fingerprint density at radius 2 is 1.79 bits per heavy atom. The average Bonchev–Trinajstić information content (AvgIpc) is 3.26. The summed E-state index contributed by atoms with van der Waals surface area (Å²) in [5.74, 6) is 1.37. The molecule has 0 aliphatic heterocycles. The molecule has 1 amide bonds. The minimum atomic E-state index is -0.0360. The van der Waals surface area contributed by atoms with Crippen molar-refractivity contribution in [1.82, 2.24) is 9.88 Å². The summed E-state index contributed by atoms with van der Waals surface area (Å²) in [6.07, 6.45) is 4.34. The molecule has 1 atom stereocenters. The molecule has 3 rings (SSSR count). The highest BCUT2D eigenvalue weighted by Gasteiger charge is 2.17. The number of rotatable bonds is 9. The Bertz CT molecular complexity index is 876. The smallest absolute Gasteiger partial charge is 0.222 e. The monoisotopic (exact) mass is 378 g/mol. The molecule has 5 nitrogen and oxygen atoms in total. The minimum Gasteiger partial charge on any atom is -0.493 e. The van der Waals surface area contributed by atoms with Crippen molar-refractivity contribution >= 4 is 5.91 Å². The third-order valence-electron chi connectivity index (χ3n) is 4.57. The second-order valence-corrected chi connectivity index (χ2v) is 6.46. The van der Waals surface area contributed by atoms with E-state index < -0.39 is 0 Å². The maximum absolute atomic E-state index is 12.6. The van der Waals surface area contributed by atoms with Gasteiger partial charge in [0, 0.05) is 18.9 Å². The molecule has 5 heteroatoms. The standard InChI is InChI=1S/C23H26N2O3/c1-3-28-21-12-11-18(15-22(21)27-2)17-24-23(26)16-20(25-13-7-8-14-25)19-9-5-4-6-10-19/h4-15,20H,3,16-17H2,1-2H3,(H,24,26)/t20-/m0/s1. The van der Waals surface area contributed by atoms with Crippen molar-refractivity contribution in [2.24, 2.45) is 0 Å². The molecule has 28 heavy (non-hydrogen) atoms. The molecule has 0 spiro atoms.